The molecule has 0 saturated heterocycles. The van der Waals surface area contributed by atoms with Crippen LogP contribution in [0.1, 0.15) is 23.1 Å². The van der Waals surface area contributed by atoms with Crippen LogP contribution in [0.3, 0.4) is 0 Å². The maximum atomic E-state index is 9.98. The minimum Gasteiger partial charge on any atom is -0.508 e. The fraction of sp³-hybridized carbons (Fsp3) is 0.333. The molecule has 1 aromatic heterocycles. The van der Waals surface area contributed by atoms with Gasteiger partial charge in [0.25, 0.3) is 0 Å². The number of phenols is 1. The molecule has 0 aliphatic carbocycles. The lowest BCUT2D eigenvalue weighted by atomic mass is 9.96. The van der Waals surface area contributed by atoms with Gasteiger partial charge in [-0.3, -0.25) is 0 Å². The highest BCUT2D eigenvalue weighted by Gasteiger charge is 2.30. The fourth-order valence-electron chi connectivity index (χ4n) is 2.49. The third-order valence-corrected chi connectivity index (χ3v) is 4.21. The van der Waals surface area contributed by atoms with Crippen molar-refractivity contribution in [2.45, 2.75) is 25.5 Å². The number of nitrogens with zero attached hydrogens (tertiary/aromatic N) is 3. The third-order valence-electron chi connectivity index (χ3n) is 3.40. The molecular formula is C12H11Cl2N3O2. The summed E-state index contributed by atoms with van der Waals surface area (Å²) in [5.41, 5.74) is 0.628. The van der Waals surface area contributed by atoms with Crippen LogP contribution in [0.4, 0.5) is 0 Å². The van der Waals surface area contributed by atoms with Crippen LogP contribution in [0.15, 0.2) is 12.1 Å². The van der Waals surface area contributed by atoms with Gasteiger partial charge < -0.3 is 14.8 Å². The first kappa shape index (κ1) is 12.7. The average molecular weight is 300 g/mol. The van der Waals surface area contributed by atoms with E-state index in [1.54, 1.807) is 6.07 Å². The van der Waals surface area contributed by atoms with Crippen molar-refractivity contribution in [1.82, 2.24) is 14.8 Å². The van der Waals surface area contributed by atoms with Crippen molar-refractivity contribution >= 4 is 23.2 Å². The quantitative estimate of drug-likeness (QED) is 0.891. The Kier molecular flexibility index (Phi) is 3.12. The standard InChI is InChI=1S/C12H11Cl2N3O2/c13-7-1-2-8(19)11(12(7)14)6-3-9-15-16-10(5-18)17(9)4-6/h1-2,6,18-19H,3-5H2/t6-/m1/s1. The number of halogens is 2. The minimum absolute atomic E-state index is 0.0120. The van der Waals surface area contributed by atoms with Crippen molar-refractivity contribution in [3.05, 3.63) is 39.4 Å². The molecule has 2 N–H and O–H groups in total. The molecule has 7 heteroatoms. The topological polar surface area (TPSA) is 71.2 Å². The van der Waals surface area contributed by atoms with E-state index in [1.807, 2.05) is 4.57 Å². The summed E-state index contributed by atoms with van der Waals surface area (Å²) in [6, 6.07) is 3.10. The number of phenolic OH excluding ortho intramolecular Hbond substituents is 1. The van der Waals surface area contributed by atoms with Gasteiger partial charge in [-0.15, -0.1) is 10.2 Å². The number of hydrogen-bond acceptors (Lipinski definition) is 4. The fourth-order valence-corrected chi connectivity index (χ4v) is 2.97. The van der Waals surface area contributed by atoms with Crippen molar-refractivity contribution in [3.63, 3.8) is 0 Å². The molecule has 1 aliphatic heterocycles. The number of aromatic hydroxyl groups is 1. The maximum Gasteiger partial charge on any atom is 0.158 e. The number of hydrogen-bond donors (Lipinski definition) is 2. The van der Waals surface area contributed by atoms with Crippen LogP contribution >= 0.6 is 23.2 Å². The second-order valence-electron chi connectivity index (χ2n) is 4.50. The summed E-state index contributed by atoms with van der Waals surface area (Å²) < 4.78 is 1.85. The first-order valence-electron chi connectivity index (χ1n) is 5.80. The summed E-state index contributed by atoms with van der Waals surface area (Å²) in [5.74, 6) is 1.42. The van der Waals surface area contributed by atoms with Gasteiger partial charge >= 0.3 is 0 Å². The van der Waals surface area contributed by atoms with Gasteiger partial charge in [-0.1, -0.05) is 23.2 Å². The Hall–Kier alpha value is -1.30. The lowest BCUT2D eigenvalue weighted by molar-refractivity contribution is 0.264. The smallest absolute Gasteiger partial charge is 0.158 e. The van der Waals surface area contributed by atoms with Crippen molar-refractivity contribution in [2.75, 3.05) is 0 Å². The summed E-state index contributed by atoms with van der Waals surface area (Å²) in [6.45, 7) is 0.417. The van der Waals surface area contributed by atoms with Crippen molar-refractivity contribution in [1.29, 1.82) is 0 Å². The zero-order valence-electron chi connectivity index (χ0n) is 9.85. The molecule has 19 heavy (non-hydrogen) atoms. The summed E-state index contributed by atoms with van der Waals surface area (Å²) in [7, 11) is 0. The van der Waals surface area contributed by atoms with E-state index in [0.717, 1.165) is 5.82 Å². The van der Waals surface area contributed by atoms with E-state index >= 15 is 0 Å². The number of rotatable bonds is 2. The lowest BCUT2D eigenvalue weighted by Crippen LogP contribution is -2.06. The molecular weight excluding hydrogens is 289 g/mol. The van der Waals surface area contributed by atoms with E-state index < -0.39 is 0 Å². The molecule has 0 spiro atoms. The second-order valence-corrected chi connectivity index (χ2v) is 5.28. The highest BCUT2D eigenvalue weighted by Crippen LogP contribution is 2.41. The highest BCUT2D eigenvalue weighted by molar-refractivity contribution is 6.42. The van der Waals surface area contributed by atoms with E-state index in [4.69, 9.17) is 23.2 Å². The largest absolute Gasteiger partial charge is 0.508 e. The maximum absolute atomic E-state index is 9.98. The van der Waals surface area contributed by atoms with E-state index in [9.17, 15) is 10.2 Å². The number of benzene rings is 1. The Morgan fingerprint density at radius 1 is 1.32 bits per heavy atom. The SMILES string of the molecule is OCc1nnc2n1C[C@H](c1c(O)ccc(Cl)c1Cl)C2. The molecule has 0 bridgehead atoms. The number of aromatic nitrogens is 3. The molecule has 3 rings (SSSR count). The summed E-state index contributed by atoms with van der Waals surface area (Å²) in [6.07, 6.45) is 0.612. The van der Waals surface area contributed by atoms with Crippen molar-refractivity contribution < 1.29 is 10.2 Å². The van der Waals surface area contributed by atoms with Gasteiger partial charge in [-0.05, 0) is 12.1 Å². The molecule has 0 saturated carbocycles. The minimum atomic E-state index is -0.158. The van der Waals surface area contributed by atoms with E-state index in [2.05, 4.69) is 10.2 Å². The van der Waals surface area contributed by atoms with Gasteiger partial charge in [-0.2, -0.15) is 0 Å². The summed E-state index contributed by atoms with van der Waals surface area (Å²) in [4.78, 5) is 0. The molecule has 5 nitrogen and oxygen atoms in total. The predicted molar refractivity (Wildman–Crippen MR) is 70.5 cm³/mol. The first-order chi connectivity index (χ1) is 9.11. The summed E-state index contributed by atoms with van der Waals surface area (Å²) >= 11 is 12.2. The van der Waals surface area contributed by atoms with Crippen LogP contribution < -0.4 is 0 Å². The van der Waals surface area contributed by atoms with Gasteiger partial charge in [0.1, 0.15) is 18.2 Å². The summed E-state index contributed by atoms with van der Waals surface area (Å²) in [5, 5.41) is 27.9. The lowest BCUT2D eigenvalue weighted by Gasteiger charge is -2.14. The molecule has 1 atom stereocenters. The van der Waals surface area contributed by atoms with Crippen LogP contribution in [0.25, 0.3) is 0 Å². The molecule has 100 valence electrons. The van der Waals surface area contributed by atoms with Crippen molar-refractivity contribution in [2.24, 2.45) is 0 Å². The van der Waals surface area contributed by atoms with Gasteiger partial charge in [0, 0.05) is 24.4 Å². The van der Waals surface area contributed by atoms with Gasteiger partial charge in [0.2, 0.25) is 0 Å². The molecule has 2 aromatic rings. The van der Waals surface area contributed by atoms with Gasteiger partial charge in [-0.25, -0.2) is 0 Å². The number of fused-ring (bicyclic) bond motifs is 1. The predicted octanol–water partition coefficient (Wildman–Crippen LogP) is 2.12. The molecule has 0 amide bonds. The first-order valence-corrected chi connectivity index (χ1v) is 6.56. The zero-order chi connectivity index (χ0) is 13.6. The van der Waals surface area contributed by atoms with E-state index in [1.165, 1.54) is 6.07 Å². The highest BCUT2D eigenvalue weighted by atomic mass is 35.5. The van der Waals surface area contributed by atoms with Gasteiger partial charge in [0.15, 0.2) is 5.82 Å². The van der Waals surface area contributed by atoms with Crippen LogP contribution in [-0.2, 0) is 19.6 Å². The Bertz CT molecular complexity index is 642. The van der Waals surface area contributed by atoms with Crippen LogP contribution in [0, 0.1) is 0 Å². The van der Waals surface area contributed by atoms with E-state index in [0.29, 0.717) is 34.4 Å². The van der Waals surface area contributed by atoms with Gasteiger partial charge in [0.05, 0.1) is 10.0 Å². The monoisotopic (exact) mass is 299 g/mol. The van der Waals surface area contributed by atoms with Crippen LogP contribution in [0.2, 0.25) is 10.0 Å². The van der Waals surface area contributed by atoms with Crippen LogP contribution in [-0.4, -0.2) is 25.0 Å². The molecule has 2 heterocycles. The van der Waals surface area contributed by atoms with E-state index in [-0.39, 0.29) is 18.3 Å². The Balaban J connectivity index is 1.99. The normalized spacial score (nSPS) is 17.7. The molecule has 1 aliphatic rings. The third kappa shape index (κ3) is 1.98. The molecule has 1 aromatic carbocycles. The van der Waals surface area contributed by atoms with Crippen LogP contribution in [0.5, 0.6) is 5.75 Å². The zero-order valence-corrected chi connectivity index (χ0v) is 11.4. The Morgan fingerprint density at radius 2 is 2.11 bits per heavy atom. The molecule has 0 fully saturated rings. The number of aliphatic hydroxyl groups is 1. The second kappa shape index (κ2) is 4.67. The molecule has 0 unspecified atom stereocenters. The number of aliphatic hydroxyl groups excluding tert-OH is 1. The average Bonchev–Trinajstić information content (AvgIpc) is 2.94. The Labute approximate surface area is 119 Å². The molecule has 0 radical (unpaired) electrons. The van der Waals surface area contributed by atoms with Crippen molar-refractivity contribution in [3.8, 4) is 5.75 Å². The Morgan fingerprint density at radius 3 is 2.84 bits per heavy atom.